The van der Waals surface area contributed by atoms with E-state index >= 15 is 0 Å². The van der Waals surface area contributed by atoms with Crippen LogP contribution in [0.4, 0.5) is 24.5 Å². The molecule has 3 rings (SSSR count). The SMILES string of the molecule is O=C(CSc1ccccc1)Nc1ccc(S(=O)(=O)Nc2ccc(Cl)c(C(F)(F)F)c2)cc1. The number of carbonyl (C=O) groups is 1. The molecule has 0 heterocycles. The average molecular weight is 501 g/mol. The molecular formula is C21H16ClF3N2O3S2. The Labute approximate surface area is 192 Å². The molecule has 0 aliphatic carbocycles. The van der Waals surface area contributed by atoms with E-state index in [0.717, 1.165) is 17.0 Å². The van der Waals surface area contributed by atoms with Crippen molar-refractivity contribution in [1.29, 1.82) is 0 Å². The minimum Gasteiger partial charge on any atom is -0.325 e. The number of carbonyl (C=O) groups excluding carboxylic acids is 1. The molecule has 2 N–H and O–H groups in total. The first-order valence-corrected chi connectivity index (χ1v) is 11.9. The second kappa shape index (κ2) is 9.85. The molecule has 0 saturated carbocycles. The Morgan fingerprint density at radius 1 is 0.938 bits per heavy atom. The third-order valence-corrected chi connectivity index (χ3v) is 6.82. The van der Waals surface area contributed by atoms with Crippen LogP contribution in [0.2, 0.25) is 5.02 Å². The van der Waals surface area contributed by atoms with Crippen LogP contribution in [0.1, 0.15) is 5.56 Å². The van der Waals surface area contributed by atoms with Crippen molar-refractivity contribution < 1.29 is 26.4 Å². The Morgan fingerprint density at radius 3 is 2.19 bits per heavy atom. The molecule has 3 aromatic carbocycles. The van der Waals surface area contributed by atoms with Crippen LogP contribution in [0.3, 0.4) is 0 Å². The maximum absolute atomic E-state index is 13.0. The van der Waals surface area contributed by atoms with E-state index in [-0.39, 0.29) is 22.2 Å². The zero-order valence-electron chi connectivity index (χ0n) is 16.2. The van der Waals surface area contributed by atoms with E-state index < -0.39 is 26.8 Å². The Morgan fingerprint density at radius 2 is 1.56 bits per heavy atom. The summed E-state index contributed by atoms with van der Waals surface area (Å²) in [6, 6.07) is 17.3. The number of sulfonamides is 1. The summed E-state index contributed by atoms with van der Waals surface area (Å²) < 4.78 is 66.1. The first kappa shape index (κ1) is 24.0. The van der Waals surface area contributed by atoms with Gasteiger partial charge in [0, 0.05) is 16.3 Å². The maximum atomic E-state index is 13.0. The topological polar surface area (TPSA) is 75.3 Å². The summed E-state index contributed by atoms with van der Waals surface area (Å²) in [7, 11) is -4.16. The molecule has 0 atom stereocenters. The Bertz CT molecular complexity index is 1200. The fraction of sp³-hybridized carbons (Fsp3) is 0.0952. The summed E-state index contributed by atoms with van der Waals surface area (Å²) in [5.74, 6) is -0.0996. The molecule has 1 amide bonds. The quantitative estimate of drug-likeness (QED) is 0.397. The van der Waals surface area contributed by atoms with Crippen LogP contribution in [-0.4, -0.2) is 20.1 Å². The molecule has 5 nitrogen and oxygen atoms in total. The van der Waals surface area contributed by atoms with Gasteiger partial charge in [0.2, 0.25) is 5.91 Å². The highest BCUT2D eigenvalue weighted by molar-refractivity contribution is 8.00. The third kappa shape index (κ3) is 6.41. The van der Waals surface area contributed by atoms with Gasteiger partial charge >= 0.3 is 6.18 Å². The van der Waals surface area contributed by atoms with Gasteiger partial charge in [-0.15, -0.1) is 11.8 Å². The van der Waals surface area contributed by atoms with Gasteiger partial charge in [0.1, 0.15) is 0 Å². The molecule has 0 spiro atoms. The predicted octanol–water partition coefficient (Wildman–Crippen LogP) is 5.89. The fourth-order valence-corrected chi connectivity index (χ4v) is 4.59. The predicted molar refractivity (Wildman–Crippen MR) is 120 cm³/mol. The number of anilines is 2. The van der Waals surface area contributed by atoms with Gasteiger partial charge in [0.25, 0.3) is 10.0 Å². The molecule has 0 fully saturated rings. The first-order chi connectivity index (χ1) is 15.0. The highest BCUT2D eigenvalue weighted by atomic mass is 35.5. The highest BCUT2D eigenvalue weighted by Gasteiger charge is 2.33. The Kier molecular flexibility index (Phi) is 7.37. The Balaban J connectivity index is 1.65. The lowest BCUT2D eigenvalue weighted by Gasteiger charge is -2.13. The second-order valence-corrected chi connectivity index (χ2v) is 9.61. The van der Waals surface area contributed by atoms with Gasteiger partial charge in [-0.2, -0.15) is 13.2 Å². The standard InChI is InChI=1S/C21H16ClF3N2O3S2/c22-19-11-8-15(12-18(19)21(23,24)25)27-32(29,30)17-9-6-14(7-10-17)26-20(28)13-31-16-4-2-1-3-5-16/h1-12,27H,13H2,(H,26,28). The lowest BCUT2D eigenvalue weighted by Crippen LogP contribution is -2.15. The number of nitrogens with one attached hydrogen (secondary N) is 2. The summed E-state index contributed by atoms with van der Waals surface area (Å²) >= 11 is 6.90. The van der Waals surface area contributed by atoms with Gasteiger partial charge in [-0.25, -0.2) is 8.42 Å². The van der Waals surface area contributed by atoms with E-state index in [0.29, 0.717) is 11.8 Å². The van der Waals surface area contributed by atoms with Crippen molar-refractivity contribution in [2.45, 2.75) is 16.0 Å². The number of hydrogen-bond donors (Lipinski definition) is 2. The van der Waals surface area contributed by atoms with Crippen molar-refractivity contribution in [1.82, 2.24) is 0 Å². The lowest BCUT2D eigenvalue weighted by atomic mass is 10.2. The minimum atomic E-state index is -4.73. The number of alkyl halides is 3. The van der Waals surface area contributed by atoms with Crippen LogP contribution in [0.5, 0.6) is 0 Å². The average Bonchev–Trinajstić information content (AvgIpc) is 2.74. The smallest absolute Gasteiger partial charge is 0.325 e. The third-order valence-electron chi connectivity index (χ3n) is 4.09. The van der Waals surface area contributed by atoms with Gasteiger partial charge in [0.05, 0.1) is 21.2 Å². The number of rotatable bonds is 7. The van der Waals surface area contributed by atoms with E-state index in [2.05, 4.69) is 10.0 Å². The van der Waals surface area contributed by atoms with Crippen LogP contribution in [0, 0.1) is 0 Å². The molecule has 0 aliphatic rings. The first-order valence-electron chi connectivity index (χ1n) is 9.02. The summed E-state index contributed by atoms with van der Waals surface area (Å²) in [6.45, 7) is 0. The molecule has 32 heavy (non-hydrogen) atoms. The number of amides is 1. The lowest BCUT2D eigenvalue weighted by molar-refractivity contribution is -0.137. The van der Waals surface area contributed by atoms with E-state index in [1.165, 1.54) is 36.0 Å². The van der Waals surface area contributed by atoms with Gasteiger partial charge in [0.15, 0.2) is 0 Å². The van der Waals surface area contributed by atoms with Crippen molar-refractivity contribution in [3.63, 3.8) is 0 Å². The molecule has 0 radical (unpaired) electrons. The molecule has 0 aromatic heterocycles. The van der Waals surface area contributed by atoms with Crippen molar-refractivity contribution >= 4 is 50.7 Å². The molecule has 3 aromatic rings. The number of benzene rings is 3. The van der Waals surface area contributed by atoms with Gasteiger partial charge in [-0.1, -0.05) is 29.8 Å². The zero-order chi connectivity index (χ0) is 23.4. The van der Waals surface area contributed by atoms with E-state index in [4.69, 9.17) is 11.6 Å². The number of hydrogen-bond acceptors (Lipinski definition) is 4. The normalized spacial score (nSPS) is 11.8. The molecule has 0 saturated heterocycles. The summed E-state index contributed by atoms with van der Waals surface area (Å²) in [5, 5.41) is 2.12. The van der Waals surface area contributed by atoms with Crippen molar-refractivity contribution in [3.8, 4) is 0 Å². The number of thioether (sulfide) groups is 1. The monoisotopic (exact) mass is 500 g/mol. The van der Waals surface area contributed by atoms with Crippen molar-refractivity contribution in [3.05, 3.63) is 83.4 Å². The van der Waals surface area contributed by atoms with Crippen LogP contribution in [0.25, 0.3) is 0 Å². The van der Waals surface area contributed by atoms with Gasteiger partial charge in [-0.3, -0.25) is 9.52 Å². The van der Waals surface area contributed by atoms with Crippen LogP contribution in [0.15, 0.2) is 82.6 Å². The fourth-order valence-electron chi connectivity index (χ4n) is 2.60. The molecule has 168 valence electrons. The van der Waals surface area contributed by atoms with E-state index in [1.54, 1.807) is 0 Å². The largest absolute Gasteiger partial charge is 0.417 e. The van der Waals surface area contributed by atoms with Crippen LogP contribution < -0.4 is 10.0 Å². The van der Waals surface area contributed by atoms with Crippen molar-refractivity contribution in [2.24, 2.45) is 0 Å². The second-order valence-electron chi connectivity index (χ2n) is 6.47. The molecule has 0 bridgehead atoms. The minimum absolute atomic E-state index is 0.170. The van der Waals surface area contributed by atoms with Crippen LogP contribution >= 0.6 is 23.4 Å². The molecule has 0 aliphatic heterocycles. The van der Waals surface area contributed by atoms with Crippen molar-refractivity contribution in [2.75, 3.05) is 15.8 Å². The molecule has 11 heteroatoms. The summed E-state index contributed by atoms with van der Waals surface area (Å²) in [6.07, 6.45) is -4.73. The maximum Gasteiger partial charge on any atom is 0.417 e. The van der Waals surface area contributed by atoms with Crippen LogP contribution in [-0.2, 0) is 21.0 Å². The molecular weight excluding hydrogens is 485 g/mol. The highest BCUT2D eigenvalue weighted by Crippen LogP contribution is 2.36. The van der Waals surface area contributed by atoms with Gasteiger partial charge < -0.3 is 5.32 Å². The van der Waals surface area contributed by atoms with Gasteiger partial charge in [-0.05, 0) is 54.6 Å². The Hall–Kier alpha value is -2.69. The summed E-state index contributed by atoms with van der Waals surface area (Å²) in [5.41, 5.74) is -1.05. The van der Waals surface area contributed by atoms with E-state index in [1.807, 2.05) is 30.3 Å². The molecule has 0 unspecified atom stereocenters. The van der Waals surface area contributed by atoms with E-state index in [9.17, 15) is 26.4 Å². The zero-order valence-corrected chi connectivity index (χ0v) is 18.6. The number of halogens is 4. The summed E-state index contributed by atoms with van der Waals surface area (Å²) in [4.78, 5) is 12.8.